The normalized spacial score (nSPS) is 15.7. The van der Waals surface area contributed by atoms with E-state index in [9.17, 15) is 9.18 Å². The molecule has 2 aromatic rings. The molecule has 0 bridgehead atoms. The first-order valence-electron chi connectivity index (χ1n) is 7.98. The number of amides is 2. The Kier molecular flexibility index (Phi) is 4.90. The lowest BCUT2D eigenvalue weighted by atomic mass is 9.77. The SMILES string of the molecule is O=C(NCCn1ccnc1)NC(c1ccc(F)cc1)C1CCC1. The second-order valence-electron chi connectivity index (χ2n) is 5.92. The van der Waals surface area contributed by atoms with Crippen LogP contribution in [0, 0.1) is 11.7 Å². The van der Waals surface area contributed by atoms with Gasteiger partial charge >= 0.3 is 6.03 Å². The van der Waals surface area contributed by atoms with E-state index in [1.807, 2.05) is 10.8 Å². The predicted molar refractivity (Wildman–Crippen MR) is 85.2 cm³/mol. The number of hydrogen-bond acceptors (Lipinski definition) is 2. The van der Waals surface area contributed by atoms with Gasteiger partial charge in [0, 0.05) is 25.5 Å². The van der Waals surface area contributed by atoms with Gasteiger partial charge in [0.2, 0.25) is 0 Å². The molecule has 1 aromatic carbocycles. The van der Waals surface area contributed by atoms with Crippen molar-refractivity contribution in [1.82, 2.24) is 20.2 Å². The monoisotopic (exact) mass is 316 g/mol. The Morgan fingerprint density at radius 1 is 1.35 bits per heavy atom. The quantitative estimate of drug-likeness (QED) is 0.861. The van der Waals surface area contributed by atoms with Crippen molar-refractivity contribution in [3.05, 3.63) is 54.4 Å². The minimum Gasteiger partial charge on any atom is -0.336 e. The van der Waals surface area contributed by atoms with E-state index in [1.54, 1.807) is 24.7 Å². The summed E-state index contributed by atoms with van der Waals surface area (Å²) < 4.78 is 15.0. The zero-order valence-electron chi connectivity index (χ0n) is 12.9. The molecule has 1 aromatic heterocycles. The smallest absolute Gasteiger partial charge is 0.315 e. The molecule has 1 saturated carbocycles. The van der Waals surface area contributed by atoms with Gasteiger partial charge < -0.3 is 15.2 Å². The van der Waals surface area contributed by atoms with E-state index in [4.69, 9.17) is 0 Å². The molecule has 122 valence electrons. The van der Waals surface area contributed by atoms with Crippen molar-refractivity contribution in [2.75, 3.05) is 6.54 Å². The molecular formula is C17H21FN4O. The first-order chi connectivity index (χ1) is 11.2. The molecule has 0 saturated heterocycles. The number of hydrogen-bond donors (Lipinski definition) is 2. The second-order valence-corrected chi connectivity index (χ2v) is 5.92. The Balaban J connectivity index is 1.55. The Hall–Kier alpha value is -2.37. The average molecular weight is 316 g/mol. The van der Waals surface area contributed by atoms with E-state index in [0.29, 0.717) is 19.0 Å². The summed E-state index contributed by atoms with van der Waals surface area (Å²) in [4.78, 5) is 16.1. The molecule has 1 aliphatic rings. The van der Waals surface area contributed by atoms with Crippen molar-refractivity contribution in [3.63, 3.8) is 0 Å². The van der Waals surface area contributed by atoms with Crippen molar-refractivity contribution in [3.8, 4) is 0 Å². The lowest BCUT2D eigenvalue weighted by Gasteiger charge is -2.34. The van der Waals surface area contributed by atoms with E-state index in [2.05, 4.69) is 15.6 Å². The minimum absolute atomic E-state index is 0.0578. The van der Waals surface area contributed by atoms with Crippen molar-refractivity contribution in [2.24, 2.45) is 5.92 Å². The van der Waals surface area contributed by atoms with Gasteiger partial charge in [-0.25, -0.2) is 14.2 Å². The van der Waals surface area contributed by atoms with Crippen LogP contribution in [0.5, 0.6) is 0 Å². The van der Waals surface area contributed by atoms with E-state index in [0.717, 1.165) is 18.4 Å². The topological polar surface area (TPSA) is 59.0 Å². The largest absolute Gasteiger partial charge is 0.336 e. The van der Waals surface area contributed by atoms with Crippen LogP contribution in [-0.4, -0.2) is 22.1 Å². The standard InChI is InChI=1S/C17H21FN4O/c18-15-6-4-14(5-7-15)16(13-2-1-3-13)21-17(23)20-9-11-22-10-8-19-12-22/h4-8,10,12-13,16H,1-3,9,11H2,(H2,20,21,23). The number of rotatable bonds is 6. The summed E-state index contributed by atoms with van der Waals surface area (Å²) in [7, 11) is 0. The molecule has 1 unspecified atom stereocenters. The fourth-order valence-electron chi connectivity index (χ4n) is 2.83. The van der Waals surface area contributed by atoms with Crippen LogP contribution < -0.4 is 10.6 Å². The van der Waals surface area contributed by atoms with Crippen LogP contribution in [0.25, 0.3) is 0 Å². The number of carbonyl (C=O) groups is 1. The van der Waals surface area contributed by atoms with Crippen LogP contribution in [0.3, 0.4) is 0 Å². The van der Waals surface area contributed by atoms with Crippen LogP contribution >= 0.6 is 0 Å². The minimum atomic E-state index is -0.258. The summed E-state index contributed by atoms with van der Waals surface area (Å²) in [5, 5.41) is 5.90. The number of aromatic nitrogens is 2. The first kappa shape index (κ1) is 15.5. The molecule has 2 amide bonds. The summed E-state index contributed by atoms with van der Waals surface area (Å²) in [6.07, 6.45) is 8.66. The number of halogens is 1. The summed E-state index contributed by atoms with van der Waals surface area (Å²) in [6.45, 7) is 1.21. The highest BCUT2D eigenvalue weighted by Gasteiger charge is 2.29. The first-order valence-corrected chi connectivity index (χ1v) is 7.98. The van der Waals surface area contributed by atoms with E-state index in [-0.39, 0.29) is 17.9 Å². The molecule has 23 heavy (non-hydrogen) atoms. The van der Waals surface area contributed by atoms with Gasteiger partial charge in [-0.15, -0.1) is 0 Å². The Morgan fingerprint density at radius 2 is 2.13 bits per heavy atom. The summed E-state index contributed by atoms with van der Waals surface area (Å²) in [5.74, 6) is 0.172. The van der Waals surface area contributed by atoms with Gasteiger partial charge in [0.1, 0.15) is 5.82 Å². The maximum absolute atomic E-state index is 13.1. The van der Waals surface area contributed by atoms with Crippen molar-refractivity contribution in [2.45, 2.75) is 31.8 Å². The van der Waals surface area contributed by atoms with Gasteiger partial charge in [0.05, 0.1) is 12.4 Å². The number of imidazole rings is 1. The van der Waals surface area contributed by atoms with Crippen LogP contribution in [-0.2, 0) is 6.54 Å². The van der Waals surface area contributed by atoms with Crippen LogP contribution in [0.2, 0.25) is 0 Å². The zero-order chi connectivity index (χ0) is 16.1. The predicted octanol–water partition coefficient (Wildman–Crippen LogP) is 2.86. The van der Waals surface area contributed by atoms with E-state index < -0.39 is 0 Å². The van der Waals surface area contributed by atoms with Crippen molar-refractivity contribution < 1.29 is 9.18 Å². The molecule has 5 nitrogen and oxygen atoms in total. The number of nitrogens with one attached hydrogen (secondary N) is 2. The third kappa shape index (κ3) is 4.09. The van der Waals surface area contributed by atoms with Gasteiger partial charge in [0.15, 0.2) is 0 Å². The van der Waals surface area contributed by atoms with Gasteiger partial charge in [-0.1, -0.05) is 18.6 Å². The number of carbonyl (C=O) groups excluding carboxylic acids is 1. The lowest BCUT2D eigenvalue weighted by Crippen LogP contribution is -2.42. The Morgan fingerprint density at radius 3 is 2.74 bits per heavy atom. The maximum Gasteiger partial charge on any atom is 0.315 e. The molecule has 1 fully saturated rings. The van der Waals surface area contributed by atoms with Crippen molar-refractivity contribution in [1.29, 1.82) is 0 Å². The second kappa shape index (κ2) is 7.26. The lowest BCUT2D eigenvalue weighted by molar-refractivity contribution is 0.207. The summed E-state index contributed by atoms with van der Waals surface area (Å²) >= 11 is 0. The Bertz CT molecular complexity index is 623. The van der Waals surface area contributed by atoms with E-state index >= 15 is 0 Å². The highest BCUT2D eigenvalue weighted by atomic mass is 19.1. The molecule has 0 radical (unpaired) electrons. The van der Waals surface area contributed by atoms with Gasteiger partial charge in [-0.05, 0) is 36.5 Å². The Labute approximate surface area is 134 Å². The number of nitrogens with zero attached hydrogens (tertiary/aromatic N) is 2. The summed E-state index contributed by atoms with van der Waals surface area (Å²) in [5.41, 5.74) is 0.959. The van der Waals surface area contributed by atoms with Crippen LogP contribution in [0.15, 0.2) is 43.0 Å². The molecular weight excluding hydrogens is 295 g/mol. The third-order valence-corrected chi connectivity index (χ3v) is 4.35. The van der Waals surface area contributed by atoms with Crippen molar-refractivity contribution >= 4 is 6.03 Å². The highest BCUT2D eigenvalue weighted by Crippen LogP contribution is 2.37. The maximum atomic E-state index is 13.1. The van der Waals surface area contributed by atoms with Gasteiger partial charge in [0.25, 0.3) is 0 Å². The van der Waals surface area contributed by atoms with E-state index in [1.165, 1.54) is 18.6 Å². The zero-order valence-corrected chi connectivity index (χ0v) is 12.9. The number of urea groups is 1. The third-order valence-electron chi connectivity index (χ3n) is 4.35. The molecule has 0 aliphatic heterocycles. The fraction of sp³-hybridized carbons (Fsp3) is 0.412. The van der Waals surface area contributed by atoms with Crippen LogP contribution in [0.1, 0.15) is 30.9 Å². The van der Waals surface area contributed by atoms with Gasteiger partial charge in [-0.2, -0.15) is 0 Å². The molecule has 3 rings (SSSR count). The molecule has 0 spiro atoms. The average Bonchev–Trinajstić information content (AvgIpc) is 2.99. The van der Waals surface area contributed by atoms with Crippen LogP contribution in [0.4, 0.5) is 9.18 Å². The molecule has 1 atom stereocenters. The van der Waals surface area contributed by atoms with Gasteiger partial charge in [-0.3, -0.25) is 0 Å². The number of benzene rings is 1. The molecule has 1 aliphatic carbocycles. The molecule has 6 heteroatoms. The fourth-order valence-corrected chi connectivity index (χ4v) is 2.83. The highest BCUT2D eigenvalue weighted by molar-refractivity contribution is 5.74. The summed E-state index contributed by atoms with van der Waals surface area (Å²) in [6, 6.07) is 6.15. The molecule has 1 heterocycles. The molecule has 2 N–H and O–H groups in total.